The first-order valence-corrected chi connectivity index (χ1v) is 14.6. The van der Waals surface area contributed by atoms with Crippen molar-refractivity contribution in [2.24, 2.45) is 5.92 Å². The Labute approximate surface area is 206 Å². The maximum atomic E-state index is 10.9. The second-order valence-electron chi connectivity index (χ2n) is 10.3. The standard InChI is InChI=1S/C26H55NO5P/c1-5-6-7-8-9-10-11-12-13-14-15-16-17-18-22-30-24-26(19-21-28)25-32-33(29)31-23-20-27(2,3)4/h21,26,29H,5-20,22-25H2,1-4H3/q+1. The van der Waals surface area contributed by atoms with Crippen molar-refractivity contribution in [3.63, 3.8) is 0 Å². The Bertz CT molecular complexity index is 420. The number of carbonyl (C=O) groups excluding carboxylic acids is 1. The van der Waals surface area contributed by atoms with Gasteiger partial charge >= 0.3 is 8.60 Å². The average Bonchev–Trinajstić information content (AvgIpc) is 2.76. The molecule has 0 aromatic rings. The molecule has 0 aromatic carbocycles. The summed E-state index contributed by atoms with van der Waals surface area (Å²) in [7, 11) is 4.31. The molecular formula is C26H55NO5P+. The molecule has 0 amide bonds. The first kappa shape index (κ1) is 32.9. The minimum atomic E-state index is -1.90. The van der Waals surface area contributed by atoms with Crippen molar-refractivity contribution in [1.29, 1.82) is 0 Å². The number of carbonyl (C=O) groups is 1. The van der Waals surface area contributed by atoms with Gasteiger partial charge in [-0.25, -0.2) is 0 Å². The molecule has 0 rings (SSSR count). The van der Waals surface area contributed by atoms with Gasteiger partial charge in [0.05, 0.1) is 34.4 Å². The SMILES string of the molecule is CCCCCCCCCCCCCCCCOCC(CC=O)COP(O)OCC[N+](C)(C)C. The van der Waals surface area contributed by atoms with E-state index in [0.29, 0.717) is 19.6 Å². The van der Waals surface area contributed by atoms with Crippen LogP contribution in [0.2, 0.25) is 0 Å². The molecule has 6 nitrogen and oxygen atoms in total. The predicted octanol–water partition coefficient (Wildman–Crippen LogP) is 6.65. The van der Waals surface area contributed by atoms with Gasteiger partial charge in [-0.3, -0.25) is 0 Å². The van der Waals surface area contributed by atoms with Gasteiger partial charge in [-0.1, -0.05) is 90.4 Å². The quantitative estimate of drug-likeness (QED) is 0.0634. The smallest absolute Gasteiger partial charge is 0.330 e. The molecule has 2 unspecified atom stereocenters. The maximum absolute atomic E-state index is 10.9. The van der Waals surface area contributed by atoms with Crippen LogP contribution < -0.4 is 0 Å². The topological polar surface area (TPSA) is 65.0 Å². The summed E-state index contributed by atoms with van der Waals surface area (Å²) in [5, 5.41) is 0. The minimum absolute atomic E-state index is 0.0340. The Morgan fingerprint density at radius 2 is 1.27 bits per heavy atom. The molecule has 0 aromatic heterocycles. The molecule has 7 heteroatoms. The van der Waals surface area contributed by atoms with Gasteiger partial charge in [-0.2, -0.15) is 0 Å². The Morgan fingerprint density at radius 1 is 0.758 bits per heavy atom. The van der Waals surface area contributed by atoms with E-state index in [2.05, 4.69) is 28.1 Å². The summed E-state index contributed by atoms with van der Waals surface area (Å²) in [6.45, 7) is 5.00. The van der Waals surface area contributed by atoms with Gasteiger partial charge in [0.25, 0.3) is 0 Å². The van der Waals surface area contributed by atoms with E-state index in [1.165, 1.54) is 83.5 Å². The van der Waals surface area contributed by atoms with Gasteiger partial charge in [-0.15, -0.1) is 0 Å². The first-order valence-electron chi connectivity index (χ1n) is 13.5. The minimum Gasteiger partial charge on any atom is -0.381 e. The lowest BCUT2D eigenvalue weighted by atomic mass is 10.0. The number of aldehydes is 1. The van der Waals surface area contributed by atoms with Crippen LogP contribution in [0.5, 0.6) is 0 Å². The molecule has 33 heavy (non-hydrogen) atoms. The highest BCUT2D eigenvalue weighted by atomic mass is 31.2. The molecule has 0 heterocycles. The molecule has 0 aliphatic rings. The Hall–Kier alpha value is -0.100. The molecule has 0 saturated carbocycles. The lowest BCUT2D eigenvalue weighted by Gasteiger charge is -2.24. The van der Waals surface area contributed by atoms with E-state index < -0.39 is 8.60 Å². The van der Waals surface area contributed by atoms with Gasteiger partial charge in [-0.05, 0) is 6.42 Å². The van der Waals surface area contributed by atoms with Crippen LogP contribution in [-0.4, -0.2) is 69.8 Å². The lowest BCUT2D eigenvalue weighted by Crippen LogP contribution is -2.37. The summed E-state index contributed by atoms with van der Waals surface area (Å²) in [6.07, 6.45) is 20.1. The molecule has 198 valence electrons. The molecule has 0 bridgehead atoms. The number of unbranched alkanes of at least 4 members (excludes halogenated alkanes) is 13. The Kier molecular flexibility index (Phi) is 23.6. The molecule has 1 N–H and O–H groups in total. The third-order valence-electron chi connectivity index (χ3n) is 5.81. The fraction of sp³-hybridized carbons (Fsp3) is 0.962. The van der Waals surface area contributed by atoms with Crippen LogP contribution in [-0.2, 0) is 18.6 Å². The van der Waals surface area contributed by atoms with Gasteiger partial charge in [0.1, 0.15) is 19.4 Å². The van der Waals surface area contributed by atoms with Crippen molar-refractivity contribution in [3.05, 3.63) is 0 Å². The number of quaternary nitrogens is 1. The third kappa shape index (κ3) is 26.3. The second-order valence-corrected chi connectivity index (χ2v) is 11.3. The van der Waals surface area contributed by atoms with Crippen LogP contribution in [0.3, 0.4) is 0 Å². The zero-order chi connectivity index (χ0) is 24.6. The van der Waals surface area contributed by atoms with E-state index in [4.69, 9.17) is 13.8 Å². The summed E-state index contributed by atoms with van der Waals surface area (Å²) in [5.41, 5.74) is 0. The highest BCUT2D eigenvalue weighted by molar-refractivity contribution is 7.40. The van der Waals surface area contributed by atoms with Crippen molar-refractivity contribution in [1.82, 2.24) is 0 Å². The number of ether oxygens (including phenoxy) is 1. The molecule has 0 saturated heterocycles. The van der Waals surface area contributed by atoms with Crippen LogP contribution in [0.15, 0.2) is 0 Å². The zero-order valence-electron chi connectivity index (χ0n) is 22.3. The van der Waals surface area contributed by atoms with Crippen molar-refractivity contribution in [2.75, 3.05) is 54.1 Å². The van der Waals surface area contributed by atoms with Crippen molar-refractivity contribution >= 4 is 14.9 Å². The van der Waals surface area contributed by atoms with E-state index >= 15 is 0 Å². The Balaban J connectivity index is 3.52. The van der Waals surface area contributed by atoms with Crippen molar-refractivity contribution in [2.45, 2.75) is 103 Å². The summed E-state index contributed by atoms with van der Waals surface area (Å²) in [5.74, 6) is -0.0340. The van der Waals surface area contributed by atoms with E-state index in [1.54, 1.807) is 0 Å². The average molecular weight is 493 g/mol. The highest BCUT2D eigenvalue weighted by Crippen LogP contribution is 2.33. The monoisotopic (exact) mass is 492 g/mol. The summed E-state index contributed by atoms with van der Waals surface area (Å²) >= 11 is 0. The van der Waals surface area contributed by atoms with Gasteiger partial charge in [0.15, 0.2) is 0 Å². The molecule has 0 aliphatic heterocycles. The summed E-state index contributed by atoms with van der Waals surface area (Å²) in [4.78, 5) is 20.8. The van der Waals surface area contributed by atoms with Crippen molar-refractivity contribution in [3.8, 4) is 0 Å². The number of hydrogen-bond acceptors (Lipinski definition) is 5. The van der Waals surface area contributed by atoms with Gasteiger partial charge in [0, 0.05) is 18.9 Å². The van der Waals surface area contributed by atoms with Crippen LogP contribution in [0.4, 0.5) is 0 Å². The predicted molar refractivity (Wildman–Crippen MR) is 139 cm³/mol. The molecular weight excluding hydrogens is 437 g/mol. The largest absolute Gasteiger partial charge is 0.381 e. The number of likely N-dealkylation sites (N-methyl/N-ethyl adjacent to an activating group) is 1. The Morgan fingerprint density at radius 3 is 1.76 bits per heavy atom. The molecule has 0 aliphatic carbocycles. The number of nitrogens with zero attached hydrogens (tertiary/aromatic N) is 1. The number of rotatable bonds is 26. The van der Waals surface area contributed by atoms with E-state index in [0.717, 1.165) is 30.3 Å². The van der Waals surface area contributed by atoms with Crippen LogP contribution in [0, 0.1) is 5.92 Å². The molecule has 2 atom stereocenters. The van der Waals surface area contributed by atoms with Crippen molar-refractivity contribution < 1.29 is 28.0 Å². The fourth-order valence-corrected chi connectivity index (χ4v) is 4.22. The fourth-order valence-electron chi connectivity index (χ4n) is 3.57. The summed E-state index contributed by atoms with van der Waals surface area (Å²) in [6, 6.07) is 0. The first-order chi connectivity index (χ1) is 15.9. The van der Waals surface area contributed by atoms with E-state index in [1.807, 2.05) is 0 Å². The van der Waals surface area contributed by atoms with E-state index in [9.17, 15) is 9.69 Å². The normalized spacial score (nSPS) is 13.8. The summed E-state index contributed by atoms with van der Waals surface area (Å²) < 4.78 is 17.3. The molecule has 0 radical (unpaired) electrons. The number of hydrogen-bond donors (Lipinski definition) is 1. The van der Waals surface area contributed by atoms with Crippen LogP contribution >= 0.6 is 8.60 Å². The highest BCUT2D eigenvalue weighted by Gasteiger charge is 2.15. The maximum Gasteiger partial charge on any atom is 0.330 e. The second kappa shape index (κ2) is 23.6. The molecule has 0 fully saturated rings. The van der Waals surface area contributed by atoms with Gasteiger partial charge in [0.2, 0.25) is 0 Å². The third-order valence-corrected chi connectivity index (χ3v) is 6.58. The van der Waals surface area contributed by atoms with Crippen LogP contribution in [0.25, 0.3) is 0 Å². The molecule has 0 spiro atoms. The van der Waals surface area contributed by atoms with E-state index in [-0.39, 0.29) is 12.5 Å². The van der Waals surface area contributed by atoms with Crippen LogP contribution in [0.1, 0.15) is 103 Å². The zero-order valence-corrected chi connectivity index (χ0v) is 23.2. The van der Waals surface area contributed by atoms with Gasteiger partial charge < -0.3 is 28.0 Å². The lowest BCUT2D eigenvalue weighted by molar-refractivity contribution is -0.870.